The quantitative estimate of drug-likeness (QED) is 0.268. The number of carbonyl (C=O) groups is 2. The monoisotopic (exact) mass is 668 g/mol. The molecule has 6 nitrogen and oxygen atoms in total. The summed E-state index contributed by atoms with van der Waals surface area (Å²) in [6, 6.07) is 26.4. The van der Waals surface area contributed by atoms with Gasteiger partial charge in [0.2, 0.25) is 5.91 Å². The summed E-state index contributed by atoms with van der Waals surface area (Å²) in [5.74, 6) is 0.166. The van der Waals surface area contributed by atoms with Gasteiger partial charge in [-0.3, -0.25) is 4.79 Å². The van der Waals surface area contributed by atoms with Crippen LogP contribution in [0, 0.1) is 0 Å². The molecule has 3 aliphatic heterocycles. The lowest BCUT2D eigenvalue weighted by Gasteiger charge is -2.46. The van der Waals surface area contributed by atoms with E-state index in [0.717, 1.165) is 88.9 Å². The van der Waals surface area contributed by atoms with Crippen molar-refractivity contribution >= 4 is 47.5 Å². The molecule has 0 radical (unpaired) electrons. The Morgan fingerprint density at radius 2 is 1.42 bits per heavy atom. The molecule has 0 spiro atoms. The standard InChI is InChI=1S/C36H42Cl2N4O2.ClH/c37-31-15-14-30(26-32(31)38)35(16-9-22-42(33(35)43)27-28-10-3-1-4-11-28)17-23-40-24-18-36(19-25-40,29-12-5-2-6-13-29)39-34(44)41-20-7-8-21-41;/h1-6,10-15,26H,7-9,16-25,27H2,(H,39,44);1H. The van der Waals surface area contributed by atoms with Crippen LogP contribution in [-0.4, -0.2) is 65.9 Å². The number of hydrogen-bond donors (Lipinski definition) is 1. The second kappa shape index (κ2) is 14.8. The van der Waals surface area contributed by atoms with E-state index in [1.54, 1.807) is 0 Å². The lowest BCUT2D eigenvalue weighted by molar-refractivity contribution is -0.142. The fourth-order valence-electron chi connectivity index (χ4n) is 7.43. The van der Waals surface area contributed by atoms with Gasteiger partial charge in [-0.25, -0.2) is 4.79 Å². The van der Waals surface area contributed by atoms with E-state index in [9.17, 15) is 9.59 Å². The zero-order valence-electron chi connectivity index (χ0n) is 25.7. The Kier molecular flexibility index (Phi) is 11.0. The van der Waals surface area contributed by atoms with Crippen molar-refractivity contribution in [2.75, 3.05) is 39.3 Å². The summed E-state index contributed by atoms with van der Waals surface area (Å²) >= 11 is 12.9. The van der Waals surface area contributed by atoms with E-state index in [0.29, 0.717) is 23.0 Å². The van der Waals surface area contributed by atoms with Crippen LogP contribution < -0.4 is 5.32 Å². The number of carbonyl (C=O) groups excluding carboxylic acids is 2. The number of hydrogen-bond acceptors (Lipinski definition) is 3. The van der Waals surface area contributed by atoms with Crippen LogP contribution in [0.1, 0.15) is 61.6 Å². The van der Waals surface area contributed by atoms with Crippen LogP contribution in [0.15, 0.2) is 78.9 Å². The van der Waals surface area contributed by atoms with Gasteiger partial charge in [-0.15, -0.1) is 12.4 Å². The summed E-state index contributed by atoms with van der Waals surface area (Å²) in [7, 11) is 0. The fourth-order valence-corrected chi connectivity index (χ4v) is 7.73. The Labute approximate surface area is 283 Å². The average molecular weight is 670 g/mol. The third-order valence-corrected chi connectivity index (χ3v) is 10.8. The number of halogens is 3. The molecule has 0 aromatic heterocycles. The van der Waals surface area contributed by atoms with E-state index < -0.39 is 11.0 Å². The maximum atomic E-state index is 14.4. The van der Waals surface area contributed by atoms with Crippen LogP contribution in [0.3, 0.4) is 0 Å². The Morgan fingerprint density at radius 1 is 0.756 bits per heavy atom. The Balaban J connectivity index is 0.00000400. The Hall–Kier alpha value is -2.77. The second-order valence-corrected chi connectivity index (χ2v) is 13.5. The normalized spacial score (nSPS) is 21.8. The number of amides is 3. The van der Waals surface area contributed by atoms with Gasteiger partial charge >= 0.3 is 6.03 Å². The minimum absolute atomic E-state index is 0. The van der Waals surface area contributed by atoms with E-state index in [-0.39, 0.29) is 24.3 Å². The molecule has 3 heterocycles. The highest BCUT2D eigenvalue weighted by Gasteiger charge is 2.46. The molecule has 6 rings (SSSR count). The first-order valence-corrected chi connectivity index (χ1v) is 16.8. The van der Waals surface area contributed by atoms with Gasteiger partial charge in [0.15, 0.2) is 0 Å². The molecule has 0 saturated carbocycles. The van der Waals surface area contributed by atoms with Gasteiger partial charge < -0.3 is 20.0 Å². The molecule has 1 atom stereocenters. The van der Waals surface area contributed by atoms with Crippen LogP contribution in [0.25, 0.3) is 0 Å². The molecule has 3 aromatic rings. The van der Waals surface area contributed by atoms with E-state index in [4.69, 9.17) is 23.2 Å². The highest BCUT2D eigenvalue weighted by molar-refractivity contribution is 6.42. The van der Waals surface area contributed by atoms with Crippen molar-refractivity contribution in [3.63, 3.8) is 0 Å². The predicted octanol–water partition coefficient (Wildman–Crippen LogP) is 7.66. The average Bonchev–Trinajstić information content (AvgIpc) is 3.60. The number of urea groups is 1. The molecule has 3 amide bonds. The fraction of sp³-hybridized carbons (Fsp3) is 0.444. The molecule has 0 aliphatic carbocycles. The van der Waals surface area contributed by atoms with Crippen molar-refractivity contribution in [3.05, 3.63) is 106 Å². The molecule has 3 saturated heterocycles. The Morgan fingerprint density at radius 3 is 2.09 bits per heavy atom. The maximum absolute atomic E-state index is 14.4. The summed E-state index contributed by atoms with van der Waals surface area (Å²) in [5, 5.41) is 4.45. The van der Waals surface area contributed by atoms with Crippen molar-refractivity contribution in [2.24, 2.45) is 0 Å². The highest BCUT2D eigenvalue weighted by Crippen LogP contribution is 2.42. The van der Waals surface area contributed by atoms with Gasteiger partial charge in [0.05, 0.1) is 21.0 Å². The maximum Gasteiger partial charge on any atom is 0.318 e. The van der Waals surface area contributed by atoms with E-state index >= 15 is 0 Å². The topological polar surface area (TPSA) is 55.9 Å². The first kappa shape index (κ1) is 33.6. The second-order valence-electron chi connectivity index (χ2n) is 12.7. The Bertz CT molecular complexity index is 1440. The third-order valence-electron chi connectivity index (χ3n) is 10.0. The molecule has 9 heteroatoms. The number of nitrogens with zero attached hydrogens (tertiary/aromatic N) is 3. The molecule has 45 heavy (non-hydrogen) atoms. The van der Waals surface area contributed by atoms with Crippen LogP contribution in [0.4, 0.5) is 4.79 Å². The van der Waals surface area contributed by atoms with Gasteiger partial charge in [0.25, 0.3) is 0 Å². The first-order valence-electron chi connectivity index (χ1n) is 16.0. The third kappa shape index (κ3) is 7.30. The molecular weight excluding hydrogens is 627 g/mol. The van der Waals surface area contributed by atoms with Gasteiger partial charge in [0, 0.05) is 39.3 Å². The summed E-state index contributed by atoms with van der Waals surface area (Å²) in [5.41, 5.74) is 2.18. The predicted molar refractivity (Wildman–Crippen MR) is 184 cm³/mol. The smallest absolute Gasteiger partial charge is 0.318 e. The lowest BCUT2D eigenvalue weighted by Crippen LogP contribution is -2.56. The molecule has 3 aliphatic rings. The number of nitrogens with one attached hydrogen (secondary N) is 1. The van der Waals surface area contributed by atoms with Gasteiger partial charge in [-0.2, -0.15) is 0 Å². The molecule has 3 fully saturated rings. The number of piperidine rings is 2. The molecule has 1 N–H and O–H groups in total. The number of rotatable bonds is 8. The lowest BCUT2D eigenvalue weighted by atomic mass is 9.70. The van der Waals surface area contributed by atoms with Gasteiger partial charge in [-0.1, -0.05) is 89.9 Å². The molecular formula is C36H43Cl3N4O2. The zero-order chi connectivity index (χ0) is 30.6. The van der Waals surface area contributed by atoms with Gasteiger partial charge in [-0.05, 0) is 80.3 Å². The molecule has 240 valence electrons. The van der Waals surface area contributed by atoms with Crippen molar-refractivity contribution in [1.82, 2.24) is 20.0 Å². The van der Waals surface area contributed by atoms with E-state index in [2.05, 4.69) is 46.6 Å². The molecule has 1 unspecified atom stereocenters. The summed E-state index contributed by atoms with van der Waals surface area (Å²) < 4.78 is 0. The van der Waals surface area contributed by atoms with Crippen LogP contribution >= 0.6 is 35.6 Å². The summed E-state index contributed by atoms with van der Waals surface area (Å²) in [4.78, 5) is 34.2. The van der Waals surface area contributed by atoms with Crippen LogP contribution in [0.5, 0.6) is 0 Å². The van der Waals surface area contributed by atoms with Crippen molar-refractivity contribution in [3.8, 4) is 0 Å². The van der Waals surface area contributed by atoms with E-state index in [1.165, 1.54) is 5.56 Å². The van der Waals surface area contributed by atoms with Crippen LogP contribution in [0.2, 0.25) is 10.0 Å². The zero-order valence-corrected chi connectivity index (χ0v) is 28.1. The SMILES string of the molecule is Cl.O=C(NC1(c2ccccc2)CCN(CCC2(c3ccc(Cl)c(Cl)c3)CCCN(Cc3ccccc3)C2=O)CC1)N1CCCC1. The summed E-state index contributed by atoms with van der Waals surface area (Å²) in [6.07, 6.45) is 6.20. The number of likely N-dealkylation sites (tertiary alicyclic amines) is 3. The number of benzene rings is 3. The van der Waals surface area contributed by atoms with E-state index in [1.807, 2.05) is 52.3 Å². The first-order chi connectivity index (χ1) is 21.4. The van der Waals surface area contributed by atoms with Crippen molar-refractivity contribution in [1.29, 1.82) is 0 Å². The largest absolute Gasteiger partial charge is 0.338 e. The van der Waals surface area contributed by atoms with Crippen LogP contribution in [-0.2, 0) is 22.3 Å². The van der Waals surface area contributed by atoms with Gasteiger partial charge in [0.1, 0.15) is 0 Å². The molecule has 3 aromatic carbocycles. The highest BCUT2D eigenvalue weighted by atomic mass is 35.5. The van der Waals surface area contributed by atoms with Crippen molar-refractivity contribution < 1.29 is 9.59 Å². The molecule has 0 bridgehead atoms. The minimum atomic E-state index is -0.667. The summed E-state index contributed by atoms with van der Waals surface area (Å²) in [6.45, 7) is 5.47. The van der Waals surface area contributed by atoms with Crippen molar-refractivity contribution in [2.45, 2.75) is 62.4 Å². The minimum Gasteiger partial charge on any atom is -0.338 e.